The van der Waals surface area contributed by atoms with Crippen LogP contribution < -0.4 is 10.5 Å². The van der Waals surface area contributed by atoms with Gasteiger partial charge in [-0.1, -0.05) is 46.8 Å². The number of nitrogens with two attached hydrogens (primary N) is 1. The van der Waals surface area contributed by atoms with E-state index in [1.54, 1.807) is 7.11 Å². The van der Waals surface area contributed by atoms with Crippen molar-refractivity contribution < 1.29 is 24.5 Å². The lowest BCUT2D eigenvalue weighted by Gasteiger charge is -2.29. The van der Waals surface area contributed by atoms with Crippen LogP contribution in [0.25, 0.3) is 0 Å². The van der Waals surface area contributed by atoms with Gasteiger partial charge in [0.15, 0.2) is 0 Å². The summed E-state index contributed by atoms with van der Waals surface area (Å²) in [5, 5.41) is 20.0. The maximum absolute atomic E-state index is 11.5. The first-order chi connectivity index (χ1) is 15.1. The summed E-state index contributed by atoms with van der Waals surface area (Å²) in [4.78, 5) is 11.5. The van der Waals surface area contributed by atoms with Gasteiger partial charge < -0.3 is 25.4 Å². The topological polar surface area (TPSA) is 102 Å². The van der Waals surface area contributed by atoms with Gasteiger partial charge in [0.25, 0.3) is 0 Å². The summed E-state index contributed by atoms with van der Waals surface area (Å²) in [5.41, 5.74) is 8.77. The molecule has 1 aromatic rings. The summed E-state index contributed by atoms with van der Waals surface area (Å²) in [7, 11) is 1.69. The van der Waals surface area contributed by atoms with Crippen LogP contribution >= 0.6 is 0 Å². The van der Waals surface area contributed by atoms with Crippen LogP contribution in [0.15, 0.2) is 18.2 Å². The molecule has 0 radical (unpaired) electrons. The van der Waals surface area contributed by atoms with Crippen LogP contribution in [0.1, 0.15) is 65.0 Å². The Morgan fingerprint density at radius 3 is 2.31 bits per heavy atom. The molecule has 184 valence electrons. The molecule has 0 aliphatic heterocycles. The van der Waals surface area contributed by atoms with E-state index in [-0.39, 0.29) is 12.3 Å². The Hall–Kier alpha value is -1.63. The van der Waals surface area contributed by atoms with Gasteiger partial charge in [0.05, 0.1) is 18.6 Å². The van der Waals surface area contributed by atoms with Crippen molar-refractivity contribution in [3.8, 4) is 5.75 Å². The van der Waals surface area contributed by atoms with E-state index < -0.39 is 24.0 Å². The molecule has 1 rings (SSSR count). The molecule has 0 heterocycles. The Kier molecular flexibility index (Phi) is 12.9. The van der Waals surface area contributed by atoms with Crippen molar-refractivity contribution in [3.63, 3.8) is 0 Å². The summed E-state index contributed by atoms with van der Waals surface area (Å²) in [6, 6.07) is 5.92. The minimum absolute atomic E-state index is 0.0436. The molecule has 0 aliphatic rings. The highest BCUT2D eigenvalue weighted by atomic mass is 16.5. The van der Waals surface area contributed by atoms with Crippen molar-refractivity contribution in [2.75, 3.05) is 20.3 Å². The number of ether oxygens (including phenoxy) is 2. The maximum Gasteiger partial charge on any atom is 0.306 e. The zero-order valence-corrected chi connectivity index (χ0v) is 20.8. The van der Waals surface area contributed by atoms with E-state index in [1.807, 2.05) is 19.9 Å². The molecule has 0 aromatic heterocycles. The Labute approximate surface area is 194 Å². The van der Waals surface area contributed by atoms with Gasteiger partial charge in [-0.25, -0.2) is 0 Å². The molecule has 0 bridgehead atoms. The number of aliphatic carboxylic acids is 1. The zero-order chi connectivity index (χ0) is 24.3. The summed E-state index contributed by atoms with van der Waals surface area (Å²) < 4.78 is 11.0. The lowest BCUT2D eigenvalue weighted by atomic mass is 9.81. The van der Waals surface area contributed by atoms with E-state index in [0.29, 0.717) is 31.5 Å². The Balaban J connectivity index is 2.80. The molecule has 6 heteroatoms. The standard InChI is InChI=1S/C26H45NO5/c1-7-20-13-19(9-10-25(20)32-12-8-11-31-6)14-21(17(2)3)15-23(27)24(28)16-22(18(4)5)26(29)30/h9-10,13,17-18,21-24,28H,7-8,11-12,14-16,27H2,1-6H3,(H,29,30). The number of rotatable bonds is 16. The van der Waals surface area contributed by atoms with E-state index in [4.69, 9.17) is 15.2 Å². The highest BCUT2D eigenvalue weighted by Crippen LogP contribution is 2.28. The number of carboxylic acids is 1. The van der Waals surface area contributed by atoms with Gasteiger partial charge in [0, 0.05) is 26.2 Å². The van der Waals surface area contributed by atoms with Crippen molar-refractivity contribution in [1.82, 2.24) is 0 Å². The fourth-order valence-electron chi connectivity index (χ4n) is 4.06. The van der Waals surface area contributed by atoms with Gasteiger partial charge in [0.1, 0.15) is 5.75 Å². The first-order valence-electron chi connectivity index (χ1n) is 12.0. The number of aliphatic hydroxyl groups excluding tert-OH is 1. The summed E-state index contributed by atoms with van der Waals surface area (Å²) >= 11 is 0. The number of carboxylic acid groups (broad SMARTS) is 1. The SMILES string of the molecule is CCc1cc(CC(CC(N)C(O)CC(C(=O)O)C(C)C)C(C)C)ccc1OCCCOC. The monoisotopic (exact) mass is 451 g/mol. The second-order valence-corrected chi connectivity index (χ2v) is 9.59. The van der Waals surface area contributed by atoms with E-state index in [0.717, 1.165) is 25.0 Å². The number of carbonyl (C=O) groups is 1. The average Bonchev–Trinajstić information content (AvgIpc) is 2.74. The molecule has 0 aliphatic carbocycles. The van der Waals surface area contributed by atoms with Crippen molar-refractivity contribution in [2.24, 2.45) is 29.4 Å². The maximum atomic E-state index is 11.5. The molecular weight excluding hydrogens is 406 g/mol. The largest absolute Gasteiger partial charge is 0.493 e. The van der Waals surface area contributed by atoms with Crippen LogP contribution in [-0.4, -0.2) is 48.7 Å². The van der Waals surface area contributed by atoms with Crippen LogP contribution in [0.2, 0.25) is 0 Å². The highest BCUT2D eigenvalue weighted by Gasteiger charge is 2.29. The Bertz CT molecular complexity index is 676. The quantitative estimate of drug-likeness (QED) is 0.324. The number of aliphatic hydroxyl groups is 1. The molecule has 0 spiro atoms. The second kappa shape index (κ2) is 14.5. The number of hydrogen-bond acceptors (Lipinski definition) is 5. The van der Waals surface area contributed by atoms with Crippen molar-refractivity contribution >= 4 is 5.97 Å². The van der Waals surface area contributed by atoms with Crippen LogP contribution in [0.4, 0.5) is 0 Å². The third-order valence-electron chi connectivity index (χ3n) is 6.38. The predicted octanol–water partition coefficient (Wildman–Crippen LogP) is 4.30. The third-order valence-corrected chi connectivity index (χ3v) is 6.38. The minimum Gasteiger partial charge on any atom is -0.493 e. The molecule has 0 amide bonds. The van der Waals surface area contributed by atoms with Crippen LogP contribution in [-0.2, 0) is 22.4 Å². The zero-order valence-electron chi connectivity index (χ0n) is 20.8. The first-order valence-corrected chi connectivity index (χ1v) is 12.0. The van der Waals surface area contributed by atoms with Gasteiger partial charge >= 0.3 is 5.97 Å². The summed E-state index contributed by atoms with van der Waals surface area (Å²) in [6.07, 6.45) is 2.63. The highest BCUT2D eigenvalue weighted by molar-refractivity contribution is 5.70. The lowest BCUT2D eigenvalue weighted by molar-refractivity contribution is -0.144. The number of hydrogen-bond donors (Lipinski definition) is 3. The molecule has 6 nitrogen and oxygen atoms in total. The fourth-order valence-corrected chi connectivity index (χ4v) is 4.06. The Morgan fingerprint density at radius 1 is 1.09 bits per heavy atom. The van der Waals surface area contributed by atoms with E-state index in [2.05, 4.69) is 32.9 Å². The minimum atomic E-state index is -0.872. The molecule has 0 fully saturated rings. The first kappa shape index (κ1) is 28.4. The predicted molar refractivity (Wildman–Crippen MR) is 129 cm³/mol. The molecular formula is C26H45NO5. The summed E-state index contributed by atoms with van der Waals surface area (Å²) in [5.74, 6) is 0.108. The van der Waals surface area contributed by atoms with E-state index >= 15 is 0 Å². The van der Waals surface area contributed by atoms with Crippen molar-refractivity contribution in [2.45, 2.75) is 78.9 Å². The third kappa shape index (κ3) is 9.47. The van der Waals surface area contributed by atoms with Gasteiger partial charge in [-0.05, 0) is 60.6 Å². The molecule has 0 saturated heterocycles. The number of aryl methyl sites for hydroxylation is 1. The molecule has 4 atom stereocenters. The number of methoxy groups -OCH3 is 1. The number of benzene rings is 1. The van der Waals surface area contributed by atoms with Crippen LogP contribution in [0.5, 0.6) is 5.75 Å². The summed E-state index contributed by atoms with van der Waals surface area (Å²) in [6.45, 7) is 11.5. The van der Waals surface area contributed by atoms with Gasteiger partial charge in [-0.3, -0.25) is 4.79 Å². The van der Waals surface area contributed by atoms with E-state index in [9.17, 15) is 15.0 Å². The molecule has 1 aromatic carbocycles. The molecule has 4 N–H and O–H groups in total. The normalized spacial score (nSPS) is 15.6. The van der Waals surface area contributed by atoms with Crippen LogP contribution in [0, 0.1) is 23.7 Å². The van der Waals surface area contributed by atoms with Crippen molar-refractivity contribution in [3.05, 3.63) is 29.3 Å². The van der Waals surface area contributed by atoms with Crippen LogP contribution in [0.3, 0.4) is 0 Å². The Morgan fingerprint density at radius 2 is 1.78 bits per heavy atom. The van der Waals surface area contributed by atoms with Gasteiger partial charge in [-0.2, -0.15) is 0 Å². The molecule has 4 unspecified atom stereocenters. The lowest BCUT2D eigenvalue weighted by Crippen LogP contribution is -2.40. The fraction of sp³-hybridized carbons (Fsp3) is 0.731. The smallest absolute Gasteiger partial charge is 0.306 e. The molecule has 32 heavy (non-hydrogen) atoms. The molecule has 0 saturated carbocycles. The second-order valence-electron chi connectivity index (χ2n) is 9.59. The van der Waals surface area contributed by atoms with Gasteiger partial charge in [-0.15, -0.1) is 0 Å². The average molecular weight is 452 g/mol. The van der Waals surface area contributed by atoms with E-state index in [1.165, 1.54) is 11.1 Å². The van der Waals surface area contributed by atoms with Gasteiger partial charge in [0.2, 0.25) is 0 Å². The van der Waals surface area contributed by atoms with Crippen molar-refractivity contribution in [1.29, 1.82) is 0 Å².